The molecule has 2 rings (SSSR count). The van der Waals surface area contributed by atoms with Gasteiger partial charge in [0.25, 0.3) is 0 Å². The third-order valence-electron chi connectivity index (χ3n) is 3.40. The average Bonchev–Trinajstić information content (AvgIpc) is 2.46. The van der Waals surface area contributed by atoms with E-state index in [2.05, 4.69) is 28.1 Å². The van der Waals surface area contributed by atoms with Gasteiger partial charge in [-0.05, 0) is 41.8 Å². The third-order valence-corrected chi connectivity index (χ3v) is 5.17. The Labute approximate surface area is 143 Å². The van der Waals surface area contributed by atoms with Gasteiger partial charge in [0, 0.05) is 26.7 Å². The Morgan fingerprint density at radius 3 is 2.15 bits per heavy atom. The van der Waals surface area contributed by atoms with Gasteiger partial charge >= 0.3 is 0 Å². The molecule has 0 aliphatic carbocycles. The van der Waals surface area contributed by atoms with E-state index in [9.17, 15) is 0 Å². The molecule has 4 heteroatoms. The molecule has 0 spiro atoms. The van der Waals surface area contributed by atoms with Crippen LogP contribution in [0.4, 0.5) is 0 Å². The highest BCUT2D eigenvalue weighted by Crippen LogP contribution is 2.33. The second kappa shape index (κ2) is 7.17. The van der Waals surface area contributed by atoms with E-state index in [4.69, 9.17) is 34.8 Å². The number of alkyl halides is 2. The van der Waals surface area contributed by atoms with Crippen LogP contribution in [0.25, 0.3) is 0 Å². The van der Waals surface area contributed by atoms with Gasteiger partial charge in [-0.2, -0.15) is 0 Å². The lowest BCUT2D eigenvalue weighted by Crippen LogP contribution is -2.33. The summed E-state index contributed by atoms with van der Waals surface area (Å²) in [6.07, 6.45) is 0.793. The molecular weight excluding hydrogens is 378 g/mol. The lowest BCUT2D eigenvalue weighted by atomic mass is 9.79. The Morgan fingerprint density at radius 2 is 1.60 bits per heavy atom. The van der Waals surface area contributed by atoms with Crippen LogP contribution >= 0.6 is 50.7 Å². The quantitative estimate of drug-likeness (QED) is 0.543. The number of hydrogen-bond donors (Lipinski definition) is 0. The van der Waals surface area contributed by atoms with Crippen LogP contribution in [-0.2, 0) is 11.8 Å². The number of rotatable bonds is 5. The van der Waals surface area contributed by atoms with E-state index in [1.54, 1.807) is 0 Å². The molecule has 0 bridgehead atoms. The van der Waals surface area contributed by atoms with Crippen molar-refractivity contribution in [3.8, 4) is 0 Å². The summed E-state index contributed by atoms with van der Waals surface area (Å²) in [5.74, 6) is 0.926. The van der Waals surface area contributed by atoms with Crippen LogP contribution in [0.3, 0.4) is 0 Å². The molecule has 0 saturated carbocycles. The minimum Gasteiger partial charge on any atom is -0.126 e. The van der Waals surface area contributed by atoms with Crippen molar-refractivity contribution >= 4 is 50.7 Å². The van der Waals surface area contributed by atoms with E-state index in [1.807, 2.05) is 36.4 Å². The van der Waals surface area contributed by atoms with E-state index in [0.29, 0.717) is 16.8 Å². The first-order chi connectivity index (χ1) is 9.59. The average molecular weight is 393 g/mol. The van der Waals surface area contributed by atoms with Gasteiger partial charge in [0.15, 0.2) is 0 Å². The number of benzene rings is 2. The maximum absolute atomic E-state index is 6.26. The standard InChI is InChI=1S/C16H14BrCl3/c17-14-3-1-2-12(8-14)9-16(10-18,11-19)13-4-6-15(20)7-5-13/h1-8H,9-11H2. The van der Waals surface area contributed by atoms with E-state index in [0.717, 1.165) is 16.5 Å². The first-order valence-electron chi connectivity index (χ1n) is 6.22. The highest BCUT2D eigenvalue weighted by atomic mass is 79.9. The van der Waals surface area contributed by atoms with Crippen molar-refractivity contribution < 1.29 is 0 Å². The molecule has 0 N–H and O–H groups in total. The first-order valence-corrected chi connectivity index (χ1v) is 8.46. The summed E-state index contributed by atoms with van der Waals surface area (Å²) in [7, 11) is 0. The number of halogens is 4. The van der Waals surface area contributed by atoms with Crippen molar-refractivity contribution in [2.24, 2.45) is 0 Å². The van der Waals surface area contributed by atoms with Crippen molar-refractivity contribution in [1.82, 2.24) is 0 Å². The molecule has 0 aliphatic heterocycles. The van der Waals surface area contributed by atoms with Crippen LogP contribution in [0, 0.1) is 0 Å². The highest BCUT2D eigenvalue weighted by molar-refractivity contribution is 9.10. The van der Waals surface area contributed by atoms with E-state index in [1.165, 1.54) is 5.56 Å². The predicted molar refractivity (Wildman–Crippen MR) is 92.4 cm³/mol. The lowest BCUT2D eigenvalue weighted by Gasteiger charge is -2.30. The summed E-state index contributed by atoms with van der Waals surface area (Å²) in [4.78, 5) is 0. The van der Waals surface area contributed by atoms with Crippen LogP contribution in [0.1, 0.15) is 11.1 Å². The maximum Gasteiger partial charge on any atom is 0.0406 e. The third kappa shape index (κ3) is 3.71. The molecule has 0 heterocycles. The normalized spacial score (nSPS) is 11.6. The minimum absolute atomic E-state index is 0.283. The van der Waals surface area contributed by atoms with Crippen molar-refractivity contribution in [3.63, 3.8) is 0 Å². The Hall–Kier alpha value is -0.210. The summed E-state index contributed by atoms with van der Waals surface area (Å²) >= 11 is 22.0. The van der Waals surface area contributed by atoms with Crippen LogP contribution in [0.2, 0.25) is 5.02 Å². The van der Waals surface area contributed by atoms with Gasteiger partial charge in [0.1, 0.15) is 0 Å². The van der Waals surface area contributed by atoms with Crippen LogP contribution in [-0.4, -0.2) is 11.8 Å². The lowest BCUT2D eigenvalue weighted by molar-refractivity contribution is 0.536. The van der Waals surface area contributed by atoms with Gasteiger partial charge < -0.3 is 0 Å². The molecular formula is C16H14BrCl3. The molecule has 0 nitrogen and oxygen atoms in total. The van der Waals surface area contributed by atoms with Gasteiger partial charge in [0.2, 0.25) is 0 Å². The highest BCUT2D eigenvalue weighted by Gasteiger charge is 2.31. The Balaban J connectivity index is 2.36. The van der Waals surface area contributed by atoms with Gasteiger partial charge in [-0.15, -0.1) is 23.2 Å². The smallest absolute Gasteiger partial charge is 0.0406 e. The molecule has 0 amide bonds. The van der Waals surface area contributed by atoms with Crippen LogP contribution in [0.15, 0.2) is 53.0 Å². The maximum atomic E-state index is 6.26. The first kappa shape index (κ1) is 16.2. The zero-order valence-electron chi connectivity index (χ0n) is 10.8. The van der Waals surface area contributed by atoms with Crippen molar-refractivity contribution in [2.75, 3.05) is 11.8 Å². The summed E-state index contributed by atoms with van der Waals surface area (Å²) in [6, 6.07) is 16.0. The summed E-state index contributed by atoms with van der Waals surface area (Å²) in [5.41, 5.74) is 2.04. The van der Waals surface area contributed by atoms with Gasteiger partial charge in [-0.1, -0.05) is 51.8 Å². The molecule has 0 unspecified atom stereocenters. The molecule has 2 aromatic rings. The molecule has 106 valence electrons. The molecule has 0 fully saturated rings. The summed E-state index contributed by atoms with van der Waals surface area (Å²) in [5, 5.41) is 0.717. The Bertz CT molecular complexity index is 562. The fourth-order valence-corrected chi connectivity index (χ4v) is 3.58. The van der Waals surface area contributed by atoms with Crippen LogP contribution in [0.5, 0.6) is 0 Å². The molecule has 20 heavy (non-hydrogen) atoms. The Morgan fingerprint density at radius 1 is 0.950 bits per heavy atom. The molecule has 0 saturated heterocycles. The molecule has 0 radical (unpaired) electrons. The second-order valence-electron chi connectivity index (χ2n) is 4.86. The largest absolute Gasteiger partial charge is 0.126 e. The van der Waals surface area contributed by atoms with Gasteiger partial charge in [-0.3, -0.25) is 0 Å². The molecule has 0 aliphatic rings. The monoisotopic (exact) mass is 390 g/mol. The van der Waals surface area contributed by atoms with Crippen molar-refractivity contribution in [2.45, 2.75) is 11.8 Å². The number of hydrogen-bond acceptors (Lipinski definition) is 0. The van der Waals surface area contributed by atoms with E-state index in [-0.39, 0.29) is 5.41 Å². The molecule has 2 aromatic carbocycles. The second-order valence-corrected chi connectivity index (χ2v) is 6.75. The predicted octanol–water partition coefficient (Wildman–Crippen LogP) is 6.06. The van der Waals surface area contributed by atoms with Gasteiger partial charge in [0.05, 0.1) is 0 Å². The summed E-state index contributed by atoms with van der Waals surface area (Å²) < 4.78 is 1.06. The van der Waals surface area contributed by atoms with Crippen molar-refractivity contribution in [3.05, 3.63) is 69.2 Å². The fourth-order valence-electron chi connectivity index (χ4n) is 2.23. The zero-order valence-corrected chi connectivity index (χ0v) is 14.6. The van der Waals surface area contributed by atoms with Crippen LogP contribution < -0.4 is 0 Å². The molecule has 0 atom stereocenters. The molecule has 0 aromatic heterocycles. The SMILES string of the molecule is ClCC(CCl)(Cc1cccc(Br)c1)c1ccc(Cl)cc1. The van der Waals surface area contributed by atoms with E-state index < -0.39 is 0 Å². The fraction of sp³-hybridized carbons (Fsp3) is 0.250. The Kier molecular flexibility index (Phi) is 5.80. The summed E-state index contributed by atoms with van der Waals surface area (Å²) in [6.45, 7) is 0. The topological polar surface area (TPSA) is 0 Å². The zero-order chi connectivity index (χ0) is 14.6. The van der Waals surface area contributed by atoms with Gasteiger partial charge in [-0.25, -0.2) is 0 Å². The minimum atomic E-state index is -0.283. The van der Waals surface area contributed by atoms with Crippen molar-refractivity contribution in [1.29, 1.82) is 0 Å². The van der Waals surface area contributed by atoms with E-state index >= 15 is 0 Å².